The van der Waals surface area contributed by atoms with Crippen LogP contribution in [-0.4, -0.2) is 15.6 Å². The van der Waals surface area contributed by atoms with Crippen molar-refractivity contribution in [3.63, 3.8) is 0 Å². The first-order valence-electron chi connectivity index (χ1n) is 6.07. The van der Waals surface area contributed by atoms with Crippen molar-refractivity contribution in [1.29, 1.82) is 0 Å². The summed E-state index contributed by atoms with van der Waals surface area (Å²) in [5, 5.41) is 3.55. The van der Waals surface area contributed by atoms with Gasteiger partial charge in [-0.15, -0.1) is 0 Å². The molecule has 1 fully saturated rings. The fourth-order valence-corrected chi connectivity index (χ4v) is 2.29. The Labute approximate surface area is 91.9 Å². The van der Waals surface area contributed by atoms with Crippen molar-refractivity contribution in [3.8, 4) is 0 Å². The molecule has 3 heteroatoms. The summed E-state index contributed by atoms with van der Waals surface area (Å²) in [6.07, 6.45) is 9.19. The van der Waals surface area contributed by atoms with Crippen LogP contribution in [0.3, 0.4) is 0 Å². The molecule has 0 atom stereocenters. The first-order valence-corrected chi connectivity index (χ1v) is 6.07. The highest BCUT2D eigenvalue weighted by Crippen LogP contribution is 2.25. The second-order valence-electron chi connectivity index (χ2n) is 4.64. The molecule has 1 N–H and O–H groups in total. The lowest BCUT2D eigenvalue weighted by molar-refractivity contribution is 0.359. The predicted octanol–water partition coefficient (Wildman–Crippen LogP) is 2.89. The van der Waals surface area contributed by atoms with Gasteiger partial charge in [-0.25, -0.2) is 4.98 Å². The van der Waals surface area contributed by atoms with Gasteiger partial charge in [-0.2, -0.15) is 0 Å². The highest BCUT2D eigenvalue weighted by molar-refractivity contribution is 5.27. The maximum Gasteiger partial charge on any atom is 0.202 e. The van der Waals surface area contributed by atoms with E-state index in [1.54, 1.807) is 0 Å². The van der Waals surface area contributed by atoms with Crippen LogP contribution in [0.25, 0.3) is 0 Å². The molecule has 84 valence electrons. The molecule has 1 aliphatic carbocycles. The molecule has 1 aromatic rings. The van der Waals surface area contributed by atoms with E-state index < -0.39 is 0 Å². The van der Waals surface area contributed by atoms with Crippen LogP contribution >= 0.6 is 0 Å². The van der Waals surface area contributed by atoms with E-state index in [-0.39, 0.29) is 0 Å². The van der Waals surface area contributed by atoms with Crippen LogP contribution in [0.2, 0.25) is 0 Å². The lowest BCUT2D eigenvalue weighted by Gasteiger charge is -2.27. The first-order chi connectivity index (χ1) is 7.29. The lowest BCUT2D eigenvalue weighted by Crippen LogP contribution is -2.26. The normalized spacial score (nSPS) is 26.5. The van der Waals surface area contributed by atoms with Crippen LogP contribution in [-0.2, 0) is 6.54 Å². The predicted molar refractivity (Wildman–Crippen MR) is 62.9 cm³/mol. The summed E-state index contributed by atoms with van der Waals surface area (Å²) in [7, 11) is 0. The van der Waals surface area contributed by atoms with Crippen molar-refractivity contribution < 1.29 is 0 Å². The Balaban J connectivity index is 1.91. The molecule has 0 saturated heterocycles. The van der Waals surface area contributed by atoms with Gasteiger partial charge in [0.25, 0.3) is 0 Å². The number of aryl methyl sites for hydroxylation is 1. The molecular formula is C12H21N3. The Morgan fingerprint density at radius 3 is 2.80 bits per heavy atom. The van der Waals surface area contributed by atoms with Gasteiger partial charge in [-0.1, -0.05) is 6.92 Å². The fraction of sp³-hybridized carbons (Fsp3) is 0.750. The Bertz CT molecular complexity index is 298. The number of aromatic nitrogens is 2. The van der Waals surface area contributed by atoms with Gasteiger partial charge < -0.3 is 9.88 Å². The van der Waals surface area contributed by atoms with Crippen molar-refractivity contribution in [2.24, 2.45) is 5.92 Å². The highest BCUT2D eigenvalue weighted by atomic mass is 15.2. The molecule has 1 saturated carbocycles. The van der Waals surface area contributed by atoms with Crippen LogP contribution in [0.5, 0.6) is 0 Å². The Morgan fingerprint density at radius 1 is 1.40 bits per heavy atom. The molecule has 0 bridgehead atoms. The Morgan fingerprint density at radius 2 is 2.13 bits per heavy atom. The zero-order chi connectivity index (χ0) is 10.7. The zero-order valence-corrected chi connectivity index (χ0v) is 9.74. The summed E-state index contributed by atoms with van der Waals surface area (Å²) in [6.45, 7) is 5.49. The molecule has 1 aliphatic rings. The topological polar surface area (TPSA) is 29.9 Å². The third kappa shape index (κ3) is 2.52. The van der Waals surface area contributed by atoms with E-state index in [1.165, 1.54) is 25.7 Å². The molecule has 0 amide bonds. The molecule has 0 aliphatic heterocycles. The van der Waals surface area contributed by atoms with Gasteiger partial charge in [0.15, 0.2) is 0 Å². The number of hydrogen-bond acceptors (Lipinski definition) is 2. The van der Waals surface area contributed by atoms with Gasteiger partial charge >= 0.3 is 0 Å². The van der Waals surface area contributed by atoms with E-state index in [0.29, 0.717) is 6.04 Å². The van der Waals surface area contributed by atoms with Crippen molar-refractivity contribution >= 4 is 5.95 Å². The molecule has 0 aromatic carbocycles. The summed E-state index contributed by atoms with van der Waals surface area (Å²) in [6, 6.07) is 0.633. The quantitative estimate of drug-likeness (QED) is 0.826. The SMILES string of the molecule is CCn1ccnc1NC1CCC(C)CC1. The molecule has 3 nitrogen and oxygen atoms in total. The maximum absolute atomic E-state index is 4.35. The van der Waals surface area contributed by atoms with E-state index >= 15 is 0 Å². The molecule has 0 unspecified atom stereocenters. The minimum atomic E-state index is 0.633. The van der Waals surface area contributed by atoms with Crippen molar-refractivity contribution in [2.45, 2.75) is 52.1 Å². The smallest absolute Gasteiger partial charge is 0.202 e. The summed E-state index contributed by atoms with van der Waals surface area (Å²) in [5.74, 6) is 1.95. The third-order valence-corrected chi connectivity index (χ3v) is 3.41. The van der Waals surface area contributed by atoms with E-state index in [4.69, 9.17) is 0 Å². The Kier molecular flexibility index (Phi) is 3.29. The summed E-state index contributed by atoms with van der Waals surface area (Å²) in [4.78, 5) is 4.35. The number of imidazole rings is 1. The minimum absolute atomic E-state index is 0.633. The van der Waals surface area contributed by atoms with Gasteiger partial charge in [0, 0.05) is 25.0 Å². The third-order valence-electron chi connectivity index (χ3n) is 3.41. The number of rotatable bonds is 3. The van der Waals surface area contributed by atoms with Gasteiger partial charge in [0.05, 0.1) is 0 Å². The molecule has 1 heterocycles. The molecule has 0 radical (unpaired) electrons. The molecule has 0 spiro atoms. The number of hydrogen-bond donors (Lipinski definition) is 1. The molecule has 2 rings (SSSR count). The average molecular weight is 207 g/mol. The summed E-state index contributed by atoms with van der Waals surface area (Å²) < 4.78 is 2.16. The Hall–Kier alpha value is -0.990. The molecular weight excluding hydrogens is 186 g/mol. The van der Waals surface area contributed by atoms with E-state index in [9.17, 15) is 0 Å². The van der Waals surface area contributed by atoms with Gasteiger partial charge in [0.2, 0.25) is 5.95 Å². The van der Waals surface area contributed by atoms with Crippen molar-refractivity contribution in [3.05, 3.63) is 12.4 Å². The second kappa shape index (κ2) is 4.69. The number of anilines is 1. The van der Waals surface area contributed by atoms with Crippen LogP contribution in [0.15, 0.2) is 12.4 Å². The van der Waals surface area contributed by atoms with Gasteiger partial charge in [0.1, 0.15) is 0 Å². The van der Waals surface area contributed by atoms with Crippen molar-refractivity contribution in [2.75, 3.05) is 5.32 Å². The van der Waals surface area contributed by atoms with Crippen molar-refractivity contribution in [1.82, 2.24) is 9.55 Å². The largest absolute Gasteiger partial charge is 0.353 e. The second-order valence-corrected chi connectivity index (χ2v) is 4.64. The van der Waals surface area contributed by atoms with Crippen LogP contribution < -0.4 is 5.32 Å². The standard InChI is InChI=1S/C12H21N3/c1-3-15-9-8-13-12(15)14-11-6-4-10(2)5-7-11/h8-11H,3-7H2,1-2H3,(H,13,14). The average Bonchev–Trinajstić information content (AvgIpc) is 2.69. The molecule has 1 aromatic heterocycles. The number of nitrogens with one attached hydrogen (secondary N) is 1. The van der Waals surface area contributed by atoms with E-state index in [1.807, 2.05) is 12.4 Å². The van der Waals surface area contributed by atoms with Crippen LogP contribution in [0.1, 0.15) is 39.5 Å². The minimum Gasteiger partial charge on any atom is -0.353 e. The first kappa shape index (κ1) is 10.5. The highest BCUT2D eigenvalue weighted by Gasteiger charge is 2.18. The monoisotopic (exact) mass is 207 g/mol. The van der Waals surface area contributed by atoms with Gasteiger partial charge in [-0.05, 0) is 38.5 Å². The van der Waals surface area contributed by atoms with Gasteiger partial charge in [-0.3, -0.25) is 0 Å². The maximum atomic E-state index is 4.35. The fourth-order valence-electron chi connectivity index (χ4n) is 2.29. The lowest BCUT2D eigenvalue weighted by atomic mass is 9.87. The molecule has 15 heavy (non-hydrogen) atoms. The zero-order valence-electron chi connectivity index (χ0n) is 9.74. The number of nitrogens with zero attached hydrogens (tertiary/aromatic N) is 2. The van der Waals surface area contributed by atoms with E-state index in [0.717, 1.165) is 18.4 Å². The summed E-state index contributed by atoms with van der Waals surface area (Å²) in [5.41, 5.74) is 0. The van der Waals surface area contributed by atoms with Crippen LogP contribution in [0, 0.1) is 5.92 Å². The van der Waals surface area contributed by atoms with Crippen LogP contribution in [0.4, 0.5) is 5.95 Å². The summed E-state index contributed by atoms with van der Waals surface area (Å²) >= 11 is 0. The van der Waals surface area contributed by atoms with E-state index in [2.05, 4.69) is 28.7 Å².